The van der Waals surface area contributed by atoms with Crippen molar-refractivity contribution in [2.75, 3.05) is 55.7 Å². The van der Waals surface area contributed by atoms with E-state index in [-0.39, 0.29) is 17.6 Å². The Balaban J connectivity index is 1.60. The zero-order chi connectivity index (χ0) is 21.0. The van der Waals surface area contributed by atoms with Gasteiger partial charge < -0.3 is 24.6 Å². The molecule has 1 aromatic rings. The number of carbonyl (C=O) groups excluding carboxylic acids is 2. The smallest absolute Gasteiger partial charge is 0.414 e. The molecule has 0 aliphatic carbocycles. The van der Waals surface area contributed by atoms with Gasteiger partial charge in [-0.05, 0) is 37.3 Å². The molecular formula is C19H25FN4O4S. The molecule has 1 aromatic carbocycles. The normalized spacial score (nSPS) is 19.2. The summed E-state index contributed by atoms with van der Waals surface area (Å²) in [5, 5.41) is 3.14. The summed E-state index contributed by atoms with van der Waals surface area (Å²) in [5.41, 5.74) is 0.901. The first-order valence-corrected chi connectivity index (χ1v) is 9.98. The highest BCUT2D eigenvalue weighted by molar-refractivity contribution is 7.80. The van der Waals surface area contributed by atoms with E-state index in [2.05, 4.69) is 5.32 Å². The number of rotatable bonds is 5. The van der Waals surface area contributed by atoms with E-state index in [1.54, 1.807) is 17.0 Å². The highest BCUT2D eigenvalue weighted by atomic mass is 32.1. The number of piperazine rings is 1. The van der Waals surface area contributed by atoms with Gasteiger partial charge in [-0.3, -0.25) is 9.69 Å². The summed E-state index contributed by atoms with van der Waals surface area (Å²) in [4.78, 5) is 28.7. The van der Waals surface area contributed by atoms with Gasteiger partial charge in [-0.2, -0.15) is 0 Å². The minimum absolute atomic E-state index is 0.0269. The minimum Gasteiger partial charge on any atom is -0.471 e. The zero-order valence-corrected chi connectivity index (χ0v) is 17.3. The lowest BCUT2D eigenvalue weighted by atomic mass is 10.2. The molecule has 2 amide bonds. The quantitative estimate of drug-likeness (QED) is 0.722. The van der Waals surface area contributed by atoms with Crippen molar-refractivity contribution in [1.29, 1.82) is 0 Å². The van der Waals surface area contributed by atoms with Gasteiger partial charge in [0.25, 0.3) is 5.17 Å². The number of nitrogens with zero attached hydrogens (tertiary/aromatic N) is 3. The highest BCUT2D eigenvalue weighted by Gasteiger charge is 2.33. The number of cyclic esters (lactones) is 1. The molecule has 2 saturated heterocycles. The Morgan fingerprint density at radius 3 is 2.69 bits per heavy atom. The summed E-state index contributed by atoms with van der Waals surface area (Å²) in [5.74, 6) is -0.384. The van der Waals surface area contributed by atoms with Crippen molar-refractivity contribution in [2.45, 2.75) is 20.0 Å². The average molecular weight is 424 g/mol. The fourth-order valence-electron chi connectivity index (χ4n) is 3.40. The van der Waals surface area contributed by atoms with E-state index in [4.69, 9.17) is 21.7 Å². The molecule has 0 saturated carbocycles. The molecule has 0 bridgehead atoms. The van der Waals surface area contributed by atoms with Gasteiger partial charge in [-0.25, -0.2) is 9.18 Å². The maximum absolute atomic E-state index is 14.8. The lowest BCUT2D eigenvalue weighted by Gasteiger charge is -2.35. The Labute approximate surface area is 174 Å². The Kier molecular flexibility index (Phi) is 6.73. The first-order chi connectivity index (χ1) is 13.9. The number of amides is 2. The molecule has 0 spiro atoms. The maximum atomic E-state index is 14.8. The number of anilines is 2. The van der Waals surface area contributed by atoms with Crippen molar-refractivity contribution in [3.05, 3.63) is 24.0 Å². The second kappa shape index (κ2) is 9.25. The average Bonchev–Trinajstić information content (AvgIpc) is 3.07. The van der Waals surface area contributed by atoms with E-state index in [0.29, 0.717) is 50.7 Å². The van der Waals surface area contributed by atoms with Crippen LogP contribution in [0.5, 0.6) is 0 Å². The fourth-order valence-corrected chi connectivity index (χ4v) is 3.60. The number of benzene rings is 1. The zero-order valence-electron chi connectivity index (χ0n) is 16.5. The molecule has 2 fully saturated rings. The van der Waals surface area contributed by atoms with Crippen LogP contribution >= 0.6 is 12.2 Å². The second-order valence-corrected chi connectivity index (χ2v) is 7.22. The molecule has 158 valence electrons. The lowest BCUT2D eigenvalue weighted by Crippen LogP contribution is -2.48. The number of hydrogen-bond acceptors (Lipinski definition) is 6. The van der Waals surface area contributed by atoms with Crippen molar-refractivity contribution in [2.24, 2.45) is 0 Å². The highest BCUT2D eigenvalue weighted by Crippen LogP contribution is 2.28. The molecule has 1 atom stereocenters. The van der Waals surface area contributed by atoms with Gasteiger partial charge in [0.2, 0.25) is 5.91 Å². The fraction of sp³-hybridized carbons (Fsp3) is 0.526. The molecule has 1 unspecified atom stereocenters. The van der Waals surface area contributed by atoms with Crippen molar-refractivity contribution >= 4 is 40.8 Å². The van der Waals surface area contributed by atoms with Crippen LogP contribution in [0, 0.1) is 5.82 Å². The Bertz CT molecular complexity index is 785. The van der Waals surface area contributed by atoms with Crippen molar-refractivity contribution in [3.63, 3.8) is 0 Å². The van der Waals surface area contributed by atoms with Crippen LogP contribution in [0.25, 0.3) is 0 Å². The molecule has 2 aliphatic rings. The maximum Gasteiger partial charge on any atom is 0.414 e. The van der Waals surface area contributed by atoms with Crippen molar-refractivity contribution in [1.82, 2.24) is 10.2 Å². The van der Waals surface area contributed by atoms with E-state index in [0.717, 1.165) is 0 Å². The van der Waals surface area contributed by atoms with Crippen LogP contribution in [-0.4, -0.2) is 74.1 Å². The molecule has 8 nitrogen and oxygen atoms in total. The number of hydrogen-bond donors (Lipinski definition) is 1. The van der Waals surface area contributed by atoms with Gasteiger partial charge in [0.05, 0.1) is 31.1 Å². The Morgan fingerprint density at radius 1 is 1.34 bits per heavy atom. The van der Waals surface area contributed by atoms with E-state index in [1.165, 1.54) is 17.9 Å². The third kappa shape index (κ3) is 5.06. The number of nitrogens with one attached hydrogen (secondary N) is 1. The van der Waals surface area contributed by atoms with Gasteiger partial charge in [-0.1, -0.05) is 0 Å². The summed E-state index contributed by atoms with van der Waals surface area (Å²) < 4.78 is 25.2. The van der Waals surface area contributed by atoms with Crippen LogP contribution in [-0.2, 0) is 14.3 Å². The number of halogens is 1. The van der Waals surface area contributed by atoms with E-state index in [9.17, 15) is 14.0 Å². The molecule has 10 heteroatoms. The van der Waals surface area contributed by atoms with Crippen LogP contribution in [0.15, 0.2) is 18.2 Å². The van der Waals surface area contributed by atoms with Crippen LogP contribution in [0.4, 0.5) is 20.6 Å². The first-order valence-electron chi connectivity index (χ1n) is 9.57. The van der Waals surface area contributed by atoms with Gasteiger partial charge in [0.1, 0.15) is 11.9 Å². The van der Waals surface area contributed by atoms with Gasteiger partial charge in [0.15, 0.2) is 0 Å². The van der Waals surface area contributed by atoms with Gasteiger partial charge in [0, 0.05) is 33.1 Å². The predicted octanol–water partition coefficient (Wildman–Crippen LogP) is 1.73. The van der Waals surface area contributed by atoms with Crippen LogP contribution in [0.2, 0.25) is 0 Å². The molecule has 0 aromatic heterocycles. The number of thiocarbonyl (C=S) groups is 1. The van der Waals surface area contributed by atoms with Gasteiger partial charge >= 0.3 is 6.09 Å². The molecule has 29 heavy (non-hydrogen) atoms. The molecule has 3 rings (SSSR count). The van der Waals surface area contributed by atoms with Crippen LogP contribution in [0.3, 0.4) is 0 Å². The number of carbonyl (C=O) groups is 2. The third-order valence-electron chi connectivity index (χ3n) is 4.93. The molecule has 1 N–H and O–H groups in total. The summed E-state index contributed by atoms with van der Waals surface area (Å²) in [6.07, 6.45) is -0.940. The number of ether oxygens (including phenoxy) is 2. The third-order valence-corrected chi connectivity index (χ3v) is 5.19. The summed E-state index contributed by atoms with van der Waals surface area (Å²) in [6, 6.07) is 4.71. The summed E-state index contributed by atoms with van der Waals surface area (Å²) in [7, 11) is 0. The van der Waals surface area contributed by atoms with Crippen molar-refractivity contribution < 1.29 is 23.5 Å². The Hall–Kier alpha value is -2.62. The molecule has 2 heterocycles. The SMILES string of the molecule is CCOC(=S)NCC1CN(c2ccc(N3CCN(C(C)=O)CC3)c(F)c2)C(=O)O1. The van der Waals surface area contributed by atoms with E-state index < -0.39 is 18.0 Å². The summed E-state index contributed by atoms with van der Waals surface area (Å²) >= 11 is 4.99. The lowest BCUT2D eigenvalue weighted by molar-refractivity contribution is -0.129. The van der Waals surface area contributed by atoms with Gasteiger partial charge in [-0.15, -0.1) is 0 Å². The largest absolute Gasteiger partial charge is 0.471 e. The first kappa shape index (κ1) is 21.1. The van der Waals surface area contributed by atoms with Crippen molar-refractivity contribution in [3.8, 4) is 0 Å². The standard InChI is InChI=1S/C19H25FN4O4S/c1-3-27-18(29)21-11-15-12-24(19(26)28-15)14-4-5-17(16(20)10-14)23-8-6-22(7-9-23)13(2)25/h4-5,10,15H,3,6-9,11-12H2,1-2H3,(H,21,29). The minimum atomic E-state index is -0.527. The van der Waals surface area contributed by atoms with E-state index >= 15 is 0 Å². The monoisotopic (exact) mass is 424 g/mol. The summed E-state index contributed by atoms with van der Waals surface area (Å²) in [6.45, 7) is 6.68. The topological polar surface area (TPSA) is 74.4 Å². The molecule has 0 radical (unpaired) electrons. The van der Waals surface area contributed by atoms with E-state index in [1.807, 2.05) is 11.8 Å². The van der Waals surface area contributed by atoms with Crippen LogP contribution in [0.1, 0.15) is 13.8 Å². The van der Waals surface area contributed by atoms with Crippen LogP contribution < -0.4 is 15.1 Å². The Morgan fingerprint density at radius 2 is 2.07 bits per heavy atom. The predicted molar refractivity (Wildman–Crippen MR) is 111 cm³/mol. The second-order valence-electron chi connectivity index (χ2n) is 6.85. The molecule has 2 aliphatic heterocycles. The molecular weight excluding hydrogens is 399 g/mol.